The molecule has 6 nitrogen and oxygen atoms in total. The van der Waals surface area contributed by atoms with Gasteiger partial charge in [0.2, 0.25) is 0 Å². The Kier molecular flexibility index (Phi) is 7.12. The van der Waals surface area contributed by atoms with E-state index in [1.807, 2.05) is 19.2 Å². The lowest BCUT2D eigenvalue weighted by Gasteiger charge is -2.32. The summed E-state index contributed by atoms with van der Waals surface area (Å²) in [6.45, 7) is 2.00. The number of piperidine rings is 1. The molecule has 1 aromatic carbocycles. The first-order valence-electron chi connectivity index (χ1n) is 10.6. The van der Waals surface area contributed by atoms with Crippen LogP contribution in [0.5, 0.6) is 0 Å². The van der Waals surface area contributed by atoms with Crippen molar-refractivity contribution in [2.75, 3.05) is 25.0 Å². The van der Waals surface area contributed by atoms with E-state index in [0.29, 0.717) is 6.04 Å². The van der Waals surface area contributed by atoms with Crippen LogP contribution in [0, 0.1) is 5.82 Å². The van der Waals surface area contributed by atoms with E-state index in [1.165, 1.54) is 24.4 Å². The second-order valence-corrected chi connectivity index (χ2v) is 8.88. The molecular weight excluding hydrogens is 466 g/mol. The van der Waals surface area contributed by atoms with Crippen molar-refractivity contribution in [2.45, 2.75) is 25.3 Å². The summed E-state index contributed by atoms with van der Waals surface area (Å²) in [7, 11) is 2.04. The van der Waals surface area contributed by atoms with Crippen molar-refractivity contribution in [1.82, 2.24) is 15.3 Å². The number of nitrogens with one attached hydrogen (secondary N) is 2. The van der Waals surface area contributed by atoms with E-state index in [9.17, 15) is 14.0 Å². The number of Topliss-reactive ketones (excluding diaryl/α,β-unsaturated/α-hetero) is 1. The molecule has 2 N–H and O–H groups in total. The van der Waals surface area contributed by atoms with Gasteiger partial charge in [-0.25, -0.2) is 9.37 Å². The van der Waals surface area contributed by atoms with Gasteiger partial charge in [-0.15, -0.1) is 0 Å². The fraction of sp³-hybridized carbons (Fsp3) is 0.292. The Morgan fingerprint density at radius 1 is 1.15 bits per heavy atom. The molecule has 0 bridgehead atoms. The van der Waals surface area contributed by atoms with E-state index >= 15 is 0 Å². The number of pyridine rings is 1. The minimum Gasteiger partial charge on any atom is -0.358 e. The number of aromatic nitrogens is 2. The number of halogens is 3. The van der Waals surface area contributed by atoms with Crippen molar-refractivity contribution >= 4 is 40.6 Å². The molecule has 0 saturated carbocycles. The van der Waals surface area contributed by atoms with Crippen LogP contribution in [0.2, 0.25) is 10.0 Å². The van der Waals surface area contributed by atoms with Crippen LogP contribution in [0.25, 0.3) is 0 Å². The molecule has 33 heavy (non-hydrogen) atoms. The molecule has 0 unspecified atom stereocenters. The van der Waals surface area contributed by atoms with Gasteiger partial charge in [0.15, 0.2) is 17.4 Å². The Balaban J connectivity index is 1.44. The zero-order valence-corrected chi connectivity index (χ0v) is 19.5. The van der Waals surface area contributed by atoms with Crippen LogP contribution >= 0.6 is 23.2 Å². The number of hydrogen-bond donors (Lipinski definition) is 2. The van der Waals surface area contributed by atoms with E-state index in [2.05, 4.69) is 20.2 Å². The van der Waals surface area contributed by atoms with Gasteiger partial charge in [-0.3, -0.25) is 9.59 Å². The Labute approximate surface area is 201 Å². The number of ketones is 2. The number of rotatable bonds is 7. The smallest absolute Gasteiger partial charge is 0.199 e. The average Bonchev–Trinajstić information content (AvgIpc) is 3.33. The van der Waals surface area contributed by atoms with E-state index in [0.717, 1.165) is 37.3 Å². The van der Waals surface area contributed by atoms with Crippen molar-refractivity contribution < 1.29 is 14.0 Å². The van der Waals surface area contributed by atoms with Gasteiger partial charge in [-0.1, -0.05) is 29.3 Å². The highest BCUT2D eigenvalue weighted by molar-refractivity contribution is 6.37. The average molecular weight is 489 g/mol. The zero-order chi connectivity index (χ0) is 23.5. The fourth-order valence-electron chi connectivity index (χ4n) is 3.96. The maximum atomic E-state index is 14.3. The molecule has 1 saturated heterocycles. The van der Waals surface area contributed by atoms with Crippen molar-refractivity contribution in [1.29, 1.82) is 0 Å². The highest BCUT2D eigenvalue weighted by atomic mass is 35.5. The van der Waals surface area contributed by atoms with Gasteiger partial charge in [-0.05, 0) is 55.8 Å². The monoisotopic (exact) mass is 488 g/mol. The quantitative estimate of drug-likeness (QED) is 0.372. The maximum absolute atomic E-state index is 14.3. The fourth-order valence-corrected chi connectivity index (χ4v) is 4.35. The first kappa shape index (κ1) is 23.4. The summed E-state index contributed by atoms with van der Waals surface area (Å²) in [5, 5.41) is 3.11. The van der Waals surface area contributed by atoms with Gasteiger partial charge < -0.3 is 15.2 Å². The molecule has 2 aromatic heterocycles. The summed E-state index contributed by atoms with van der Waals surface area (Å²) >= 11 is 11.8. The summed E-state index contributed by atoms with van der Waals surface area (Å²) in [4.78, 5) is 35.0. The molecule has 9 heteroatoms. The third-order valence-corrected chi connectivity index (χ3v) is 6.52. The van der Waals surface area contributed by atoms with Crippen LogP contribution in [0.15, 0.2) is 42.7 Å². The lowest BCUT2D eigenvalue weighted by molar-refractivity contribution is 0.0988. The molecule has 1 fully saturated rings. The summed E-state index contributed by atoms with van der Waals surface area (Å²) < 4.78 is 14.3. The Morgan fingerprint density at radius 2 is 1.88 bits per heavy atom. The van der Waals surface area contributed by atoms with Crippen LogP contribution in [-0.2, 0) is 6.42 Å². The van der Waals surface area contributed by atoms with Crippen LogP contribution < -0.4 is 10.2 Å². The second kappa shape index (κ2) is 10.0. The Morgan fingerprint density at radius 3 is 2.58 bits per heavy atom. The van der Waals surface area contributed by atoms with Crippen LogP contribution in [0.3, 0.4) is 0 Å². The molecule has 3 heterocycles. The summed E-state index contributed by atoms with van der Waals surface area (Å²) in [5.41, 5.74) is 0.806. The van der Waals surface area contributed by atoms with Crippen molar-refractivity contribution in [3.05, 3.63) is 81.0 Å². The van der Waals surface area contributed by atoms with Gasteiger partial charge in [-0.2, -0.15) is 0 Å². The third-order valence-electron chi connectivity index (χ3n) is 5.91. The maximum Gasteiger partial charge on any atom is 0.199 e. The zero-order valence-electron chi connectivity index (χ0n) is 18.0. The Hall–Kier alpha value is -2.74. The molecule has 3 aromatic rings. The Bertz CT molecular complexity index is 1170. The predicted molar refractivity (Wildman–Crippen MR) is 127 cm³/mol. The number of benzene rings is 1. The van der Waals surface area contributed by atoms with Gasteiger partial charge in [0.05, 0.1) is 21.3 Å². The molecule has 0 atom stereocenters. The number of aromatic amines is 1. The molecule has 0 amide bonds. The second-order valence-electron chi connectivity index (χ2n) is 8.07. The van der Waals surface area contributed by atoms with Gasteiger partial charge in [0.1, 0.15) is 5.82 Å². The first-order chi connectivity index (χ1) is 15.8. The van der Waals surface area contributed by atoms with Crippen molar-refractivity contribution in [2.24, 2.45) is 0 Å². The number of carbonyl (C=O) groups excluding carboxylic acids is 2. The van der Waals surface area contributed by atoms with Crippen LogP contribution in [-0.4, -0.2) is 47.7 Å². The number of nitrogens with zero attached hydrogens (tertiary/aromatic N) is 2. The molecule has 4 rings (SSSR count). The highest BCUT2D eigenvalue weighted by Gasteiger charge is 2.23. The number of carbonyl (C=O) groups is 2. The van der Waals surface area contributed by atoms with Gasteiger partial charge in [0, 0.05) is 37.5 Å². The van der Waals surface area contributed by atoms with E-state index in [-0.39, 0.29) is 39.1 Å². The number of hydrogen-bond acceptors (Lipinski definition) is 5. The standard InChI is InChI=1S/C24H23Cl2FN4O2/c1-31(16-6-8-28-9-7-16)21-5-2-14(12-30-21)10-20(32)19-11-15(13-29-19)24(33)22-17(25)3-4-18(26)23(22)27/h2-5,11-13,16,28-29H,6-10H2,1H3. The molecule has 0 radical (unpaired) electrons. The molecule has 172 valence electrons. The van der Waals surface area contributed by atoms with E-state index in [4.69, 9.17) is 23.2 Å². The minimum atomic E-state index is -0.885. The van der Waals surface area contributed by atoms with Gasteiger partial charge >= 0.3 is 0 Å². The van der Waals surface area contributed by atoms with Crippen LogP contribution in [0.1, 0.15) is 44.8 Å². The molecular formula is C24H23Cl2FN4O2. The normalized spacial score (nSPS) is 14.3. The number of H-pyrrole nitrogens is 1. The highest BCUT2D eigenvalue weighted by Crippen LogP contribution is 2.28. The molecule has 0 spiro atoms. The SMILES string of the molecule is CN(c1ccc(CC(=O)c2cc(C(=O)c3c(Cl)ccc(Cl)c3F)c[nH]2)cn1)C1CCNCC1. The topological polar surface area (TPSA) is 78.1 Å². The lowest BCUT2D eigenvalue weighted by atomic mass is 10.0. The van der Waals surface area contributed by atoms with E-state index in [1.54, 1.807) is 6.20 Å². The largest absolute Gasteiger partial charge is 0.358 e. The van der Waals surface area contributed by atoms with Crippen molar-refractivity contribution in [3.8, 4) is 0 Å². The minimum absolute atomic E-state index is 0.0448. The predicted octanol–water partition coefficient (Wildman–Crippen LogP) is 4.70. The van der Waals surface area contributed by atoms with Gasteiger partial charge in [0.25, 0.3) is 0 Å². The van der Waals surface area contributed by atoms with Crippen molar-refractivity contribution in [3.63, 3.8) is 0 Å². The molecule has 0 aliphatic carbocycles. The summed E-state index contributed by atoms with van der Waals surface area (Å²) in [6.07, 6.45) is 5.31. The first-order valence-corrected chi connectivity index (χ1v) is 11.4. The molecule has 1 aliphatic heterocycles. The molecule has 1 aliphatic rings. The summed E-state index contributed by atoms with van der Waals surface area (Å²) in [6, 6.07) is 8.28. The number of anilines is 1. The lowest BCUT2D eigenvalue weighted by Crippen LogP contribution is -2.41. The third kappa shape index (κ3) is 5.11. The summed E-state index contributed by atoms with van der Waals surface area (Å²) in [5.74, 6) is -0.884. The van der Waals surface area contributed by atoms with E-state index < -0.39 is 11.6 Å². The van der Waals surface area contributed by atoms with Crippen LogP contribution in [0.4, 0.5) is 10.2 Å².